The van der Waals surface area contributed by atoms with E-state index in [0.717, 1.165) is 25.3 Å². The van der Waals surface area contributed by atoms with Crippen molar-refractivity contribution in [3.63, 3.8) is 0 Å². The summed E-state index contributed by atoms with van der Waals surface area (Å²) < 4.78 is 10.6. The molecule has 1 aromatic heterocycles. The van der Waals surface area contributed by atoms with E-state index in [1.165, 1.54) is 0 Å². The van der Waals surface area contributed by atoms with Crippen LogP contribution in [-0.4, -0.2) is 42.5 Å². The van der Waals surface area contributed by atoms with Gasteiger partial charge in [0.15, 0.2) is 5.78 Å². The molecule has 1 unspecified atom stereocenters. The second-order valence-electron chi connectivity index (χ2n) is 4.91. The second kappa shape index (κ2) is 5.67. The van der Waals surface area contributed by atoms with Crippen LogP contribution in [0, 0.1) is 0 Å². The van der Waals surface area contributed by atoms with Crippen LogP contribution in [0.1, 0.15) is 26.0 Å². The van der Waals surface area contributed by atoms with Crippen molar-refractivity contribution < 1.29 is 13.9 Å². The number of Topliss-reactive ketones (excluding diaryl/α,β-unsaturated/α-hetero) is 1. The summed E-state index contributed by atoms with van der Waals surface area (Å²) in [6.45, 7) is 7.18. The first-order valence-electron chi connectivity index (χ1n) is 6.55. The van der Waals surface area contributed by atoms with Crippen LogP contribution < -0.4 is 0 Å². The first-order chi connectivity index (χ1) is 8.66. The minimum atomic E-state index is -0.406. The van der Waals surface area contributed by atoms with E-state index in [0.29, 0.717) is 19.6 Å². The number of furan rings is 1. The Kier molecular flexibility index (Phi) is 4.19. The number of rotatable bonds is 5. The SMILES string of the molecule is CCC(C)(C(=O)Cc1ccco1)N1CCOCC1. The Morgan fingerprint density at radius 2 is 2.17 bits per heavy atom. The van der Waals surface area contributed by atoms with E-state index < -0.39 is 5.54 Å². The fourth-order valence-corrected chi connectivity index (χ4v) is 2.42. The molecule has 2 rings (SSSR count). The second-order valence-corrected chi connectivity index (χ2v) is 4.91. The van der Waals surface area contributed by atoms with E-state index in [2.05, 4.69) is 11.8 Å². The molecule has 0 saturated carbocycles. The molecular weight excluding hydrogens is 230 g/mol. The Morgan fingerprint density at radius 1 is 1.44 bits per heavy atom. The van der Waals surface area contributed by atoms with Crippen molar-refractivity contribution in [2.45, 2.75) is 32.2 Å². The van der Waals surface area contributed by atoms with E-state index in [9.17, 15) is 4.79 Å². The summed E-state index contributed by atoms with van der Waals surface area (Å²) in [6.07, 6.45) is 2.79. The van der Waals surface area contributed by atoms with Crippen LogP contribution in [0.4, 0.5) is 0 Å². The molecular formula is C14H21NO3. The molecule has 1 aliphatic heterocycles. The van der Waals surface area contributed by atoms with Crippen molar-refractivity contribution in [1.82, 2.24) is 4.90 Å². The zero-order valence-electron chi connectivity index (χ0n) is 11.1. The van der Waals surface area contributed by atoms with Crippen molar-refractivity contribution in [3.8, 4) is 0 Å². The fraction of sp³-hybridized carbons (Fsp3) is 0.643. The number of nitrogens with zero attached hydrogens (tertiary/aromatic N) is 1. The summed E-state index contributed by atoms with van der Waals surface area (Å²) in [6, 6.07) is 3.67. The topological polar surface area (TPSA) is 42.7 Å². The van der Waals surface area contributed by atoms with Crippen LogP contribution in [0.3, 0.4) is 0 Å². The Balaban J connectivity index is 2.07. The Bertz CT molecular complexity index is 382. The highest BCUT2D eigenvalue weighted by Gasteiger charge is 2.38. The Hall–Kier alpha value is -1.13. The maximum atomic E-state index is 12.5. The summed E-state index contributed by atoms with van der Waals surface area (Å²) in [7, 11) is 0. The first-order valence-corrected chi connectivity index (χ1v) is 6.55. The monoisotopic (exact) mass is 251 g/mol. The largest absolute Gasteiger partial charge is 0.469 e. The minimum Gasteiger partial charge on any atom is -0.469 e. The third kappa shape index (κ3) is 2.65. The molecule has 2 heterocycles. The maximum Gasteiger partial charge on any atom is 0.160 e. The molecule has 1 aliphatic rings. The fourth-order valence-electron chi connectivity index (χ4n) is 2.42. The van der Waals surface area contributed by atoms with Crippen molar-refractivity contribution in [2.24, 2.45) is 0 Å². The van der Waals surface area contributed by atoms with Gasteiger partial charge in [0.25, 0.3) is 0 Å². The summed E-state index contributed by atoms with van der Waals surface area (Å²) in [5.74, 6) is 0.967. The lowest BCUT2D eigenvalue weighted by molar-refractivity contribution is -0.133. The number of hydrogen-bond acceptors (Lipinski definition) is 4. The van der Waals surface area contributed by atoms with Gasteiger partial charge < -0.3 is 9.15 Å². The molecule has 1 atom stereocenters. The zero-order valence-corrected chi connectivity index (χ0v) is 11.1. The van der Waals surface area contributed by atoms with Crippen LogP contribution in [0.25, 0.3) is 0 Å². The number of morpholine rings is 1. The highest BCUT2D eigenvalue weighted by molar-refractivity contribution is 5.89. The smallest absolute Gasteiger partial charge is 0.160 e. The molecule has 0 spiro atoms. The predicted molar refractivity (Wildman–Crippen MR) is 68.5 cm³/mol. The van der Waals surface area contributed by atoms with E-state index >= 15 is 0 Å². The van der Waals surface area contributed by atoms with Gasteiger partial charge in [-0.1, -0.05) is 6.92 Å². The van der Waals surface area contributed by atoms with Gasteiger partial charge in [0.05, 0.1) is 31.4 Å². The number of ether oxygens (including phenoxy) is 1. The average molecular weight is 251 g/mol. The molecule has 0 N–H and O–H groups in total. The van der Waals surface area contributed by atoms with Gasteiger partial charge in [0.2, 0.25) is 0 Å². The van der Waals surface area contributed by atoms with Crippen molar-refractivity contribution in [2.75, 3.05) is 26.3 Å². The van der Waals surface area contributed by atoms with Gasteiger partial charge in [-0.15, -0.1) is 0 Å². The lowest BCUT2D eigenvalue weighted by Crippen LogP contribution is -2.56. The van der Waals surface area contributed by atoms with Crippen LogP contribution >= 0.6 is 0 Å². The lowest BCUT2D eigenvalue weighted by atomic mass is 9.88. The van der Waals surface area contributed by atoms with E-state index in [4.69, 9.17) is 9.15 Å². The number of ketones is 1. The summed E-state index contributed by atoms with van der Waals surface area (Å²) in [4.78, 5) is 14.8. The first kappa shape index (κ1) is 13.3. The van der Waals surface area contributed by atoms with Gasteiger partial charge in [0, 0.05) is 13.1 Å². The molecule has 0 radical (unpaired) electrons. The van der Waals surface area contributed by atoms with Crippen LogP contribution in [-0.2, 0) is 16.0 Å². The third-order valence-corrected chi connectivity index (χ3v) is 3.91. The molecule has 1 saturated heterocycles. The lowest BCUT2D eigenvalue weighted by Gasteiger charge is -2.41. The normalized spacial score (nSPS) is 20.6. The molecule has 0 amide bonds. The molecule has 18 heavy (non-hydrogen) atoms. The van der Waals surface area contributed by atoms with Gasteiger partial charge in [-0.25, -0.2) is 0 Å². The van der Waals surface area contributed by atoms with Gasteiger partial charge in [-0.3, -0.25) is 9.69 Å². The molecule has 0 aromatic carbocycles. The molecule has 1 fully saturated rings. The highest BCUT2D eigenvalue weighted by Crippen LogP contribution is 2.23. The zero-order chi connectivity index (χ0) is 13.0. The quantitative estimate of drug-likeness (QED) is 0.801. The van der Waals surface area contributed by atoms with E-state index in [-0.39, 0.29) is 5.78 Å². The molecule has 100 valence electrons. The van der Waals surface area contributed by atoms with Gasteiger partial charge >= 0.3 is 0 Å². The van der Waals surface area contributed by atoms with E-state index in [1.54, 1.807) is 6.26 Å². The summed E-state index contributed by atoms with van der Waals surface area (Å²) in [5, 5.41) is 0. The average Bonchev–Trinajstić information content (AvgIpc) is 2.91. The molecule has 4 nitrogen and oxygen atoms in total. The Labute approximate surface area is 108 Å². The molecule has 4 heteroatoms. The predicted octanol–water partition coefficient (Wildman–Crippen LogP) is 1.89. The molecule has 0 bridgehead atoms. The summed E-state index contributed by atoms with van der Waals surface area (Å²) in [5.41, 5.74) is -0.406. The van der Waals surface area contributed by atoms with Crippen LogP contribution in [0.2, 0.25) is 0 Å². The van der Waals surface area contributed by atoms with Gasteiger partial charge in [-0.05, 0) is 25.5 Å². The maximum absolute atomic E-state index is 12.5. The summed E-state index contributed by atoms with van der Waals surface area (Å²) >= 11 is 0. The number of hydrogen-bond donors (Lipinski definition) is 0. The Morgan fingerprint density at radius 3 is 2.72 bits per heavy atom. The molecule has 1 aromatic rings. The molecule has 0 aliphatic carbocycles. The third-order valence-electron chi connectivity index (χ3n) is 3.91. The standard InChI is InChI=1S/C14H21NO3/c1-3-14(2,15-6-9-17-10-7-15)13(16)11-12-5-4-8-18-12/h4-5,8H,3,6-7,9-11H2,1-2H3. The number of carbonyl (C=O) groups is 1. The van der Waals surface area contributed by atoms with Gasteiger partial charge in [-0.2, -0.15) is 0 Å². The minimum absolute atomic E-state index is 0.224. The van der Waals surface area contributed by atoms with Crippen LogP contribution in [0.15, 0.2) is 22.8 Å². The van der Waals surface area contributed by atoms with E-state index in [1.807, 2.05) is 19.1 Å². The van der Waals surface area contributed by atoms with Crippen molar-refractivity contribution >= 4 is 5.78 Å². The highest BCUT2D eigenvalue weighted by atomic mass is 16.5. The van der Waals surface area contributed by atoms with Crippen molar-refractivity contribution in [1.29, 1.82) is 0 Å². The van der Waals surface area contributed by atoms with Crippen LogP contribution in [0.5, 0.6) is 0 Å². The van der Waals surface area contributed by atoms with Gasteiger partial charge in [0.1, 0.15) is 5.76 Å². The van der Waals surface area contributed by atoms with Crippen molar-refractivity contribution in [3.05, 3.63) is 24.2 Å². The number of carbonyl (C=O) groups excluding carboxylic acids is 1.